The van der Waals surface area contributed by atoms with Crippen LogP contribution in [0.2, 0.25) is 0 Å². The third kappa shape index (κ3) is 1.97. The molecule has 0 saturated heterocycles. The van der Waals surface area contributed by atoms with E-state index in [2.05, 4.69) is 4.98 Å². The van der Waals surface area contributed by atoms with E-state index in [1.54, 1.807) is 17.8 Å². The van der Waals surface area contributed by atoms with Gasteiger partial charge in [0.15, 0.2) is 5.58 Å². The Morgan fingerprint density at radius 1 is 1.60 bits per heavy atom. The van der Waals surface area contributed by atoms with Crippen LogP contribution in [-0.4, -0.2) is 22.3 Å². The minimum atomic E-state index is -0.938. The monoisotopic (exact) mass is 223 g/mol. The van der Waals surface area contributed by atoms with Gasteiger partial charge in [-0.25, -0.2) is 4.98 Å². The van der Waals surface area contributed by atoms with E-state index in [0.717, 1.165) is 10.4 Å². The van der Waals surface area contributed by atoms with Gasteiger partial charge >= 0.3 is 5.97 Å². The van der Waals surface area contributed by atoms with Gasteiger partial charge in [0.05, 0.1) is 0 Å². The van der Waals surface area contributed by atoms with Gasteiger partial charge < -0.3 is 9.52 Å². The number of fused-ring (bicyclic) bond motifs is 1. The quantitative estimate of drug-likeness (QED) is 0.808. The zero-order valence-corrected chi connectivity index (χ0v) is 8.87. The third-order valence-electron chi connectivity index (χ3n) is 1.95. The van der Waals surface area contributed by atoms with Crippen LogP contribution in [0.5, 0.6) is 0 Å². The second-order valence-electron chi connectivity index (χ2n) is 2.99. The molecule has 1 heterocycles. The van der Waals surface area contributed by atoms with Gasteiger partial charge in [0, 0.05) is 4.90 Å². The fourth-order valence-electron chi connectivity index (χ4n) is 1.34. The lowest BCUT2D eigenvalue weighted by atomic mass is 10.3. The average molecular weight is 223 g/mol. The van der Waals surface area contributed by atoms with E-state index in [4.69, 9.17) is 9.52 Å². The molecule has 0 bridgehead atoms. The van der Waals surface area contributed by atoms with Crippen LogP contribution in [-0.2, 0) is 11.2 Å². The normalized spacial score (nSPS) is 10.7. The molecule has 5 heteroatoms. The highest BCUT2D eigenvalue weighted by Crippen LogP contribution is 2.26. The van der Waals surface area contributed by atoms with Crippen LogP contribution in [0.4, 0.5) is 0 Å². The first-order chi connectivity index (χ1) is 7.20. The van der Waals surface area contributed by atoms with Gasteiger partial charge in [-0.1, -0.05) is 6.07 Å². The van der Waals surface area contributed by atoms with Gasteiger partial charge in [-0.2, -0.15) is 0 Å². The topological polar surface area (TPSA) is 63.3 Å². The fourth-order valence-corrected chi connectivity index (χ4v) is 1.89. The zero-order chi connectivity index (χ0) is 10.8. The fraction of sp³-hybridized carbons (Fsp3) is 0.200. The molecule has 1 aromatic carbocycles. The predicted octanol–water partition coefficient (Wildman–Crippen LogP) is 2.18. The largest absolute Gasteiger partial charge is 0.481 e. The van der Waals surface area contributed by atoms with Crippen LogP contribution < -0.4 is 0 Å². The lowest BCUT2D eigenvalue weighted by Gasteiger charge is -1.93. The summed E-state index contributed by atoms with van der Waals surface area (Å²) in [5.41, 5.74) is 1.37. The summed E-state index contributed by atoms with van der Waals surface area (Å²) in [4.78, 5) is 15.6. The molecular weight excluding hydrogens is 214 g/mol. The Morgan fingerprint density at radius 3 is 3.07 bits per heavy atom. The average Bonchev–Trinajstić information content (AvgIpc) is 2.58. The number of carboxylic acids is 1. The van der Waals surface area contributed by atoms with Crippen molar-refractivity contribution in [1.29, 1.82) is 0 Å². The van der Waals surface area contributed by atoms with Crippen LogP contribution in [0.15, 0.2) is 27.5 Å². The minimum absolute atomic E-state index is 0.178. The van der Waals surface area contributed by atoms with E-state index in [1.165, 1.54) is 0 Å². The van der Waals surface area contributed by atoms with Crippen LogP contribution in [0.3, 0.4) is 0 Å². The Kier molecular flexibility index (Phi) is 2.64. The highest BCUT2D eigenvalue weighted by atomic mass is 32.2. The summed E-state index contributed by atoms with van der Waals surface area (Å²) >= 11 is 1.56. The molecule has 4 nitrogen and oxygen atoms in total. The Morgan fingerprint density at radius 2 is 2.40 bits per heavy atom. The molecule has 2 rings (SSSR count). The third-order valence-corrected chi connectivity index (χ3v) is 2.72. The van der Waals surface area contributed by atoms with Crippen molar-refractivity contribution in [1.82, 2.24) is 4.98 Å². The molecule has 1 N–H and O–H groups in total. The zero-order valence-electron chi connectivity index (χ0n) is 8.06. The molecule has 0 aliphatic carbocycles. The number of para-hydroxylation sites is 1. The minimum Gasteiger partial charge on any atom is -0.481 e. The SMILES string of the molecule is CSc1cccc2oc(CC(=O)O)nc12. The second kappa shape index (κ2) is 3.94. The van der Waals surface area contributed by atoms with E-state index in [9.17, 15) is 4.79 Å². The van der Waals surface area contributed by atoms with E-state index in [1.807, 2.05) is 18.4 Å². The molecule has 78 valence electrons. The second-order valence-corrected chi connectivity index (χ2v) is 3.83. The van der Waals surface area contributed by atoms with Gasteiger partial charge in [0.1, 0.15) is 11.9 Å². The van der Waals surface area contributed by atoms with Crippen molar-refractivity contribution in [2.45, 2.75) is 11.3 Å². The summed E-state index contributed by atoms with van der Waals surface area (Å²) < 4.78 is 5.32. The molecular formula is C10H9NO3S. The number of hydrogen-bond acceptors (Lipinski definition) is 4. The summed E-state index contributed by atoms with van der Waals surface area (Å²) in [6.07, 6.45) is 1.77. The van der Waals surface area contributed by atoms with Crippen LogP contribution >= 0.6 is 11.8 Å². The van der Waals surface area contributed by atoms with Crippen molar-refractivity contribution in [3.63, 3.8) is 0 Å². The molecule has 0 amide bonds. The van der Waals surface area contributed by atoms with E-state index in [-0.39, 0.29) is 12.3 Å². The molecule has 1 aromatic heterocycles. The lowest BCUT2D eigenvalue weighted by Crippen LogP contribution is -1.99. The van der Waals surface area contributed by atoms with Crippen molar-refractivity contribution in [2.75, 3.05) is 6.26 Å². The molecule has 2 aromatic rings. The summed E-state index contributed by atoms with van der Waals surface area (Å²) in [6.45, 7) is 0. The van der Waals surface area contributed by atoms with Crippen molar-refractivity contribution in [3.8, 4) is 0 Å². The summed E-state index contributed by atoms with van der Waals surface area (Å²) in [5, 5.41) is 8.61. The van der Waals surface area contributed by atoms with Crippen LogP contribution in [0.1, 0.15) is 5.89 Å². The highest BCUT2D eigenvalue weighted by molar-refractivity contribution is 7.98. The maximum absolute atomic E-state index is 10.5. The number of carbonyl (C=O) groups is 1. The number of thioether (sulfide) groups is 1. The lowest BCUT2D eigenvalue weighted by molar-refractivity contribution is -0.136. The van der Waals surface area contributed by atoms with E-state index >= 15 is 0 Å². The van der Waals surface area contributed by atoms with Crippen molar-refractivity contribution >= 4 is 28.8 Å². The Balaban J connectivity index is 2.50. The number of hydrogen-bond donors (Lipinski definition) is 1. The highest BCUT2D eigenvalue weighted by Gasteiger charge is 2.11. The Bertz CT molecular complexity index is 506. The van der Waals surface area contributed by atoms with Gasteiger partial charge in [0.25, 0.3) is 0 Å². The predicted molar refractivity (Wildman–Crippen MR) is 57.1 cm³/mol. The summed E-state index contributed by atoms with van der Waals surface area (Å²) in [7, 11) is 0. The van der Waals surface area contributed by atoms with Crippen LogP contribution in [0, 0.1) is 0 Å². The molecule has 0 fully saturated rings. The number of rotatable bonds is 3. The van der Waals surface area contributed by atoms with Crippen molar-refractivity contribution < 1.29 is 14.3 Å². The molecule has 0 aliphatic heterocycles. The molecule has 0 saturated carbocycles. The Hall–Kier alpha value is -1.49. The standard InChI is InChI=1S/C10H9NO3S/c1-15-7-4-2-3-6-10(7)11-8(14-6)5-9(12)13/h2-4H,5H2,1H3,(H,12,13). The van der Waals surface area contributed by atoms with Crippen LogP contribution in [0.25, 0.3) is 11.1 Å². The molecule has 0 spiro atoms. The molecule has 0 aliphatic rings. The first-order valence-corrected chi connectivity index (χ1v) is 5.57. The van der Waals surface area contributed by atoms with E-state index in [0.29, 0.717) is 5.58 Å². The number of oxazole rings is 1. The number of aliphatic carboxylic acids is 1. The molecule has 15 heavy (non-hydrogen) atoms. The number of benzene rings is 1. The maximum atomic E-state index is 10.5. The smallest absolute Gasteiger partial charge is 0.312 e. The van der Waals surface area contributed by atoms with Crippen molar-refractivity contribution in [3.05, 3.63) is 24.1 Å². The number of aromatic nitrogens is 1. The summed E-state index contributed by atoms with van der Waals surface area (Å²) in [6, 6.07) is 5.58. The Labute approximate surface area is 90.3 Å². The molecule has 0 atom stereocenters. The van der Waals surface area contributed by atoms with E-state index < -0.39 is 5.97 Å². The van der Waals surface area contributed by atoms with Gasteiger partial charge in [0.2, 0.25) is 5.89 Å². The first-order valence-electron chi connectivity index (χ1n) is 4.35. The maximum Gasteiger partial charge on any atom is 0.312 e. The van der Waals surface area contributed by atoms with Gasteiger partial charge in [-0.15, -0.1) is 11.8 Å². The van der Waals surface area contributed by atoms with Gasteiger partial charge in [-0.3, -0.25) is 4.79 Å². The number of nitrogens with zero attached hydrogens (tertiary/aromatic N) is 1. The van der Waals surface area contributed by atoms with Crippen molar-refractivity contribution in [2.24, 2.45) is 0 Å². The molecule has 0 unspecified atom stereocenters. The molecule has 0 radical (unpaired) electrons. The number of carboxylic acid groups (broad SMARTS) is 1. The summed E-state index contributed by atoms with van der Waals surface area (Å²) in [5.74, 6) is -0.689. The first kappa shape index (κ1) is 10.0. The van der Waals surface area contributed by atoms with Gasteiger partial charge in [-0.05, 0) is 18.4 Å².